The van der Waals surface area contributed by atoms with E-state index >= 15 is 0 Å². The maximum absolute atomic E-state index is 12.5. The lowest BCUT2D eigenvalue weighted by Crippen LogP contribution is -2.13. The van der Waals surface area contributed by atoms with Gasteiger partial charge in [0, 0.05) is 19.1 Å². The summed E-state index contributed by atoms with van der Waals surface area (Å²) in [5, 5.41) is 11.5. The van der Waals surface area contributed by atoms with E-state index in [9.17, 15) is 9.59 Å². The molecule has 0 aromatic heterocycles. The molecule has 0 fully saturated rings. The van der Waals surface area contributed by atoms with E-state index in [2.05, 4.69) is 5.32 Å². The number of nitrogens with zero attached hydrogens (tertiary/aromatic N) is 1. The molecule has 0 saturated heterocycles. The van der Waals surface area contributed by atoms with Gasteiger partial charge in [0.2, 0.25) is 5.91 Å². The lowest BCUT2D eigenvalue weighted by atomic mass is 10.1. The van der Waals surface area contributed by atoms with E-state index in [0.29, 0.717) is 22.6 Å². The van der Waals surface area contributed by atoms with Gasteiger partial charge < -0.3 is 19.5 Å². The predicted molar refractivity (Wildman–Crippen MR) is 94.1 cm³/mol. The Hall–Kier alpha value is -3.53. The van der Waals surface area contributed by atoms with Crippen molar-refractivity contribution in [2.45, 2.75) is 13.5 Å². The highest BCUT2D eigenvalue weighted by Gasteiger charge is 2.19. The topological polar surface area (TPSA) is 97.6 Å². The number of carbonyl (C=O) groups excluding carboxylic acids is 2. The van der Waals surface area contributed by atoms with Crippen LogP contribution in [-0.4, -0.2) is 26.1 Å². The van der Waals surface area contributed by atoms with Crippen molar-refractivity contribution in [3.05, 3.63) is 53.1 Å². The number of methoxy groups -OCH3 is 2. The molecule has 7 nitrogen and oxygen atoms in total. The molecule has 2 rings (SSSR count). The zero-order chi connectivity index (χ0) is 19.1. The monoisotopic (exact) mass is 354 g/mol. The highest BCUT2D eigenvalue weighted by atomic mass is 16.5. The van der Waals surface area contributed by atoms with Gasteiger partial charge in [0.05, 0.1) is 37.1 Å². The van der Waals surface area contributed by atoms with Gasteiger partial charge >= 0.3 is 5.97 Å². The summed E-state index contributed by atoms with van der Waals surface area (Å²) in [5.41, 5.74) is 1.54. The van der Waals surface area contributed by atoms with Crippen molar-refractivity contribution in [2.24, 2.45) is 0 Å². The van der Waals surface area contributed by atoms with Crippen LogP contribution in [0, 0.1) is 11.3 Å². The molecule has 0 radical (unpaired) electrons. The number of nitrogens with one attached hydrogen (secondary N) is 1. The van der Waals surface area contributed by atoms with E-state index in [1.54, 1.807) is 24.3 Å². The van der Waals surface area contributed by atoms with Crippen molar-refractivity contribution in [2.75, 3.05) is 19.5 Å². The fourth-order valence-electron chi connectivity index (χ4n) is 2.30. The van der Waals surface area contributed by atoms with E-state index in [0.717, 1.165) is 0 Å². The smallest absolute Gasteiger partial charge is 0.340 e. The summed E-state index contributed by atoms with van der Waals surface area (Å²) in [5.74, 6) is -0.278. The number of anilines is 1. The third kappa shape index (κ3) is 4.51. The molecule has 0 heterocycles. The van der Waals surface area contributed by atoms with Crippen LogP contribution in [0.25, 0.3) is 0 Å². The third-order valence-electron chi connectivity index (χ3n) is 3.48. The predicted octanol–water partition coefficient (Wildman–Crippen LogP) is 2.89. The van der Waals surface area contributed by atoms with Gasteiger partial charge in [-0.3, -0.25) is 4.79 Å². The van der Waals surface area contributed by atoms with Crippen molar-refractivity contribution in [3.63, 3.8) is 0 Å². The molecule has 134 valence electrons. The summed E-state index contributed by atoms with van der Waals surface area (Å²) in [4.78, 5) is 23.9. The number of amides is 1. The second kappa shape index (κ2) is 8.53. The molecule has 0 unspecified atom stereocenters. The molecule has 0 spiro atoms. The maximum Gasteiger partial charge on any atom is 0.340 e. The lowest BCUT2D eigenvalue weighted by Gasteiger charge is -2.14. The molecule has 2 aromatic carbocycles. The van der Waals surface area contributed by atoms with Crippen molar-refractivity contribution in [3.8, 4) is 17.6 Å². The Morgan fingerprint density at radius 2 is 1.81 bits per heavy atom. The Morgan fingerprint density at radius 3 is 2.42 bits per heavy atom. The van der Waals surface area contributed by atoms with Crippen LogP contribution in [0.1, 0.15) is 28.4 Å². The molecule has 2 aromatic rings. The van der Waals surface area contributed by atoms with Gasteiger partial charge in [-0.25, -0.2) is 4.79 Å². The summed E-state index contributed by atoms with van der Waals surface area (Å²) in [6.45, 7) is 1.32. The number of nitriles is 1. The Labute approximate surface area is 151 Å². The van der Waals surface area contributed by atoms with Gasteiger partial charge in [0.1, 0.15) is 6.61 Å². The van der Waals surface area contributed by atoms with Crippen LogP contribution in [0.2, 0.25) is 0 Å². The minimum atomic E-state index is -0.642. The molecule has 0 atom stereocenters. The number of benzene rings is 2. The first kappa shape index (κ1) is 18.8. The van der Waals surface area contributed by atoms with E-state index in [4.69, 9.17) is 19.5 Å². The standard InChI is InChI=1S/C19H18N2O5/c1-12(22)21-16-9-18(25-3)17(24-2)8-15(16)19(23)26-11-14-6-4-5-13(7-14)10-20/h4-9H,11H2,1-3H3,(H,21,22). The summed E-state index contributed by atoms with van der Waals surface area (Å²) in [6.07, 6.45) is 0. The second-order valence-electron chi connectivity index (χ2n) is 5.32. The highest BCUT2D eigenvalue weighted by molar-refractivity contribution is 6.01. The molecule has 0 aliphatic rings. The third-order valence-corrected chi connectivity index (χ3v) is 3.48. The molecule has 1 amide bonds. The molecule has 0 bridgehead atoms. The fourth-order valence-corrected chi connectivity index (χ4v) is 2.30. The first-order chi connectivity index (χ1) is 12.5. The van der Waals surface area contributed by atoms with Gasteiger partial charge in [0.25, 0.3) is 0 Å². The van der Waals surface area contributed by atoms with Crippen LogP contribution in [0.3, 0.4) is 0 Å². The molecular weight excluding hydrogens is 336 g/mol. The summed E-state index contributed by atoms with van der Waals surface area (Å²) in [6, 6.07) is 11.7. The Bertz CT molecular complexity index is 871. The zero-order valence-electron chi connectivity index (χ0n) is 14.7. The Morgan fingerprint density at radius 1 is 1.12 bits per heavy atom. The van der Waals surface area contributed by atoms with Crippen LogP contribution in [0.15, 0.2) is 36.4 Å². The van der Waals surface area contributed by atoms with Gasteiger partial charge in [-0.2, -0.15) is 5.26 Å². The average molecular weight is 354 g/mol. The quantitative estimate of drug-likeness (QED) is 0.801. The number of esters is 1. The Balaban J connectivity index is 2.28. The summed E-state index contributed by atoms with van der Waals surface area (Å²) >= 11 is 0. The molecule has 7 heteroatoms. The number of rotatable bonds is 6. The van der Waals surface area contributed by atoms with E-state index in [1.807, 2.05) is 6.07 Å². The van der Waals surface area contributed by atoms with E-state index < -0.39 is 5.97 Å². The zero-order valence-corrected chi connectivity index (χ0v) is 14.7. The first-order valence-electron chi connectivity index (χ1n) is 7.68. The van der Waals surface area contributed by atoms with E-state index in [-0.39, 0.29) is 23.8 Å². The van der Waals surface area contributed by atoms with Crippen LogP contribution in [0.4, 0.5) is 5.69 Å². The maximum atomic E-state index is 12.5. The minimum Gasteiger partial charge on any atom is -0.493 e. The first-order valence-corrected chi connectivity index (χ1v) is 7.68. The highest BCUT2D eigenvalue weighted by Crippen LogP contribution is 2.34. The molecule has 26 heavy (non-hydrogen) atoms. The van der Waals surface area contributed by atoms with Crippen LogP contribution < -0.4 is 14.8 Å². The van der Waals surface area contributed by atoms with Crippen LogP contribution >= 0.6 is 0 Å². The number of ether oxygens (including phenoxy) is 3. The summed E-state index contributed by atoms with van der Waals surface area (Å²) < 4.78 is 15.7. The number of carbonyl (C=O) groups is 2. The number of hydrogen-bond donors (Lipinski definition) is 1. The van der Waals surface area contributed by atoms with Gasteiger partial charge in [-0.15, -0.1) is 0 Å². The minimum absolute atomic E-state index is 0.0117. The summed E-state index contributed by atoms with van der Waals surface area (Å²) in [7, 11) is 2.90. The van der Waals surface area contributed by atoms with Crippen LogP contribution in [-0.2, 0) is 16.1 Å². The molecule has 0 saturated carbocycles. The SMILES string of the molecule is COc1cc(NC(C)=O)c(C(=O)OCc2cccc(C#N)c2)cc1OC. The van der Waals surface area contributed by atoms with Gasteiger partial charge in [-0.05, 0) is 17.7 Å². The Kier molecular flexibility index (Phi) is 6.17. The van der Waals surface area contributed by atoms with Gasteiger partial charge in [-0.1, -0.05) is 12.1 Å². The van der Waals surface area contributed by atoms with Gasteiger partial charge in [0.15, 0.2) is 11.5 Å². The van der Waals surface area contributed by atoms with Crippen molar-refractivity contribution < 1.29 is 23.8 Å². The van der Waals surface area contributed by atoms with E-state index in [1.165, 1.54) is 33.3 Å². The molecule has 1 N–H and O–H groups in total. The fraction of sp³-hybridized carbons (Fsp3) is 0.211. The molecule has 0 aliphatic carbocycles. The van der Waals surface area contributed by atoms with Crippen molar-refractivity contribution >= 4 is 17.6 Å². The molecular formula is C19H18N2O5. The van der Waals surface area contributed by atoms with Crippen LogP contribution in [0.5, 0.6) is 11.5 Å². The van der Waals surface area contributed by atoms with Crippen molar-refractivity contribution in [1.82, 2.24) is 0 Å². The largest absolute Gasteiger partial charge is 0.493 e. The molecule has 0 aliphatic heterocycles. The average Bonchev–Trinajstić information content (AvgIpc) is 2.65. The lowest BCUT2D eigenvalue weighted by molar-refractivity contribution is -0.114. The van der Waals surface area contributed by atoms with Crippen molar-refractivity contribution in [1.29, 1.82) is 5.26 Å². The second-order valence-corrected chi connectivity index (χ2v) is 5.32. The normalized spacial score (nSPS) is 9.77. The number of hydrogen-bond acceptors (Lipinski definition) is 6.